The van der Waals surface area contributed by atoms with Crippen molar-refractivity contribution in [2.24, 2.45) is 5.92 Å². The highest BCUT2D eigenvalue weighted by molar-refractivity contribution is 5.76. The fourth-order valence-electron chi connectivity index (χ4n) is 1.22. The molecular weight excluding hydrogens is 172 g/mol. The lowest BCUT2D eigenvalue weighted by Crippen LogP contribution is -1.87. The first kappa shape index (κ1) is 13.2. The van der Waals surface area contributed by atoms with Crippen LogP contribution in [0.15, 0.2) is 17.4 Å². The van der Waals surface area contributed by atoms with E-state index in [4.69, 9.17) is 0 Å². The highest BCUT2D eigenvalue weighted by Crippen LogP contribution is 2.10. The summed E-state index contributed by atoms with van der Waals surface area (Å²) < 4.78 is 0. The van der Waals surface area contributed by atoms with E-state index >= 15 is 0 Å². The number of hydrogen-bond donors (Lipinski definition) is 0. The Labute approximate surface area is 87.9 Å². The molecular formula is C13H22O. The molecule has 0 bridgehead atoms. The summed E-state index contributed by atoms with van der Waals surface area (Å²) in [4.78, 5) is 10.6. The van der Waals surface area contributed by atoms with E-state index in [0.717, 1.165) is 12.3 Å². The molecule has 0 spiro atoms. The Morgan fingerprint density at radius 2 is 2.00 bits per heavy atom. The lowest BCUT2D eigenvalue weighted by Gasteiger charge is -2.02. The van der Waals surface area contributed by atoms with Crippen LogP contribution in [0.4, 0.5) is 0 Å². The molecule has 0 amide bonds. The molecule has 0 aromatic carbocycles. The largest absolute Gasteiger partial charge is 0.300 e. The molecule has 14 heavy (non-hydrogen) atoms. The number of hydrogen-bond acceptors (Lipinski definition) is 1. The van der Waals surface area contributed by atoms with E-state index in [2.05, 4.69) is 26.5 Å². The molecule has 1 heteroatoms. The van der Waals surface area contributed by atoms with Gasteiger partial charge < -0.3 is 0 Å². The van der Waals surface area contributed by atoms with Gasteiger partial charge in [0.1, 0.15) is 5.78 Å². The summed E-state index contributed by atoms with van der Waals surface area (Å²) in [5, 5.41) is 0. The minimum atomic E-state index is 0.201. The quantitative estimate of drug-likeness (QED) is 0.586. The van der Waals surface area contributed by atoms with E-state index in [1.807, 2.05) is 6.08 Å². The lowest BCUT2D eigenvalue weighted by atomic mass is 10.0. The first-order valence-electron chi connectivity index (χ1n) is 5.42. The Bertz CT molecular complexity index is 230. The number of carbonyl (C=O) groups excluding carboxylic acids is 1. The maximum atomic E-state index is 10.6. The van der Waals surface area contributed by atoms with Crippen LogP contribution in [0, 0.1) is 5.92 Å². The van der Waals surface area contributed by atoms with Crippen LogP contribution in [0.1, 0.15) is 53.4 Å². The van der Waals surface area contributed by atoms with Crippen LogP contribution in [0.5, 0.6) is 0 Å². The van der Waals surface area contributed by atoms with Crippen LogP contribution in [0.3, 0.4) is 0 Å². The normalized spacial score (nSPS) is 9.79. The molecule has 80 valence electrons. The van der Waals surface area contributed by atoms with Crippen LogP contribution in [-0.4, -0.2) is 5.78 Å². The third-order valence-corrected chi connectivity index (χ3v) is 2.07. The van der Waals surface area contributed by atoms with Gasteiger partial charge >= 0.3 is 0 Å². The van der Waals surface area contributed by atoms with Crippen LogP contribution in [-0.2, 0) is 4.79 Å². The molecule has 1 nitrogen and oxygen atoms in total. The predicted octanol–water partition coefficient (Wildman–Crippen LogP) is 3.89. The fourth-order valence-corrected chi connectivity index (χ4v) is 1.22. The van der Waals surface area contributed by atoms with Crippen molar-refractivity contribution < 1.29 is 4.79 Å². The van der Waals surface area contributed by atoms with Crippen molar-refractivity contribution in [3.8, 4) is 0 Å². The zero-order chi connectivity index (χ0) is 11.0. The van der Waals surface area contributed by atoms with Gasteiger partial charge in [0.05, 0.1) is 0 Å². The fraction of sp³-hybridized carbons (Fsp3) is 0.692. The van der Waals surface area contributed by atoms with E-state index in [1.165, 1.54) is 18.4 Å². The molecule has 0 saturated heterocycles. The highest BCUT2D eigenvalue weighted by Gasteiger charge is 1.94. The minimum absolute atomic E-state index is 0.201. The number of rotatable bonds is 6. The molecule has 0 N–H and O–H groups in total. The maximum absolute atomic E-state index is 10.6. The second-order valence-electron chi connectivity index (χ2n) is 4.32. The van der Waals surface area contributed by atoms with Gasteiger partial charge in [0.2, 0.25) is 0 Å². The second kappa shape index (κ2) is 7.58. The summed E-state index contributed by atoms with van der Waals surface area (Å²) in [6.07, 6.45) is 5.96. The van der Waals surface area contributed by atoms with Crippen molar-refractivity contribution in [1.82, 2.24) is 0 Å². The Morgan fingerprint density at radius 3 is 2.50 bits per heavy atom. The molecule has 0 aliphatic carbocycles. The van der Waals surface area contributed by atoms with Crippen molar-refractivity contribution >= 4 is 5.78 Å². The van der Waals surface area contributed by atoms with E-state index in [0.29, 0.717) is 6.42 Å². The average molecular weight is 194 g/mol. The zero-order valence-corrected chi connectivity index (χ0v) is 9.89. The minimum Gasteiger partial charge on any atom is -0.300 e. The summed E-state index contributed by atoms with van der Waals surface area (Å²) in [5.74, 6) is 0.983. The molecule has 0 heterocycles. The maximum Gasteiger partial charge on any atom is 0.134 e. The average Bonchev–Trinajstić information content (AvgIpc) is 2.02. The molecule has 0 rings (SSSR count). The Kier molecular flexibility index (Phi) is 7.14. The van der Waals surface area contributed by atoms with Gasteiger partial charge in [-0.25, -0.2) is 0 Å². The molecule has 0 saturated carbocycles. The SMILES string of the molecule is CC(=O)CC=C=C(C)CCCC(C)C. The molecule has 0 aliphatic rings. The highest BCUT2D eigenvalue weighted by atomic mass is 16.1. The van der Waals surface area contributed by atoms with E-state index in [1.54, 1.807) is 6.92 Å². The van der Waals surface area contributed by atoms with Crippen LogP contribution < -0.4 is 0 Å². The van der Waals surface area contributed by atoms with Crippen molar-refractivity contribution in [3.05, 3.63) is 17.4 Å². The van der Waals surface area contributed by atoms with Gasteiger partial charge in [-0.3, -0.25) is 4.79 Å². The van der Waals surface area contributed by atoms with Gasteiger partial charge in [-0.2, -0.15) is 0 Å². The smallest absolute Gasteiger partial charge is 0.134 e. The number of ketones is 1. The summed E-state index contributed by atoms with van der Waals surface area (Å²) in [6.45, 7) is 8.17. The summed E-state index contributed by atoms with van der Waals surface area (Å²) in [7, 11) is 0. The van der Waals surface area contributed by atoms with Gasteiger partial charge in [-0.1, -0.05) is 20.3 Å². The molecule has 0 atom stereocenters. The van der Waals surface area contributed by atoms with E-state index < -0.39 is 0 Å². The number of Topliss-reactive ketones (excluding diaryl/α,β-unsaturated/α-hetero) is 1. The first-order chi connectivity index (χ1) is 6.52. The van der Waals surface area contributed by atoms with Crippen molar-refractivity contribution in [2.45, 2.75) is 53.4 Å². The van der Waals surface area contributed by atoms with Gasteiger partial charge in [0, 0.05) is 6.42 Å². The molecule has 0 fully saturated rings. The Morgan fingerprint density at radius 1 is 1.36 bits per heavy atom. The number of carbonyl (C=O) groups is 1. The Balaban J connectivity index is 3.77. The van der Waals surface area contributed by atoms with Gasteiger partial charge in [0.15, 0.2) is 0 Å². The molecule has 0 aromatic rings. The third kappa shape index (κ3) is 9.28. The summed E-state index contributed by atoms with van der Waals surface area (Å²) in [6, 6.07) is 0. The lowest BCUT2D eigenvalue weighted by molar-refractivity contribution is -0.116. The molecule has 0 aliphatic heterocycles. The standard InChI is InChI=1S/C13H22O/c1-11(2)7-5-8-12(3)9-6-10-13(4)14/h6,11H,5,7-8,10H2,1-4H3. The van der Waals surface area contributed by atoms with Crippen molar-refractivity contribution in [1.29, 1.82) is 0 Å². The summed E-state index contributed by atoms with van der Waals surface area (Å²) in [5.41, 5.74) is 4.41. The molecule has 0 aromatic heterocycles. The van der Waals surface area contributed by atoms with Crippen LogP contribution >= 0.6 is 0 Å². The monoisotopic (exact) mass is 194 g/mol. The van der Waals surface area contributed by atoms with Gasteiger partial charge in [0.25, 0.3) is 0 Å². The zero-order valence-electron chi connectivity index (χ0n) is 9.89. The van der Waals surface area contributed by atoms with E-state index in [9.17, 15) is 4.79 Å². The third-order valence-electron chi connectivity index (χ3n) is 2.07. The molecule has 0 radical (unpaired) electrons. The number of allylic oxidation sites excluding steroid dienone is 1. The van der Waals surface area contributed by atoms with Gasteiger partial charge in [-0.05, 0) is 44.3 Å². The summed E-state index contributed by atoms with van der Waals surface area (Å²) >= 11 is 0. The predicted molar refractivity (Wildman–Crippen MR) is 61.3 cm³/mol. The first-order valence-corrected chi connectivity index (χ1v) is 5.42. The van der Waals surface area contributed by atoms with Crippen molar-refractivity contribution in [3.63, 3.8) is 0 Å². The molecule has 0 unspecified atom stereocenters. The van der Waals surface area contributed by atoms with Crippen molar-refractivity contribution in [2.75, 3.05) is 0 Å². The van der Waals surface area contributed by atoms with Gasteiger partial charge in [-0.15, -0.1) is 5.73 Å². The van der Waals surface area contributed by atoms with Crippen LogP contribution in [0.25, 0.3) is 0 Å². The Hall–Kier alpha value is -0.810. The van der Waals surface area contributed by atoms with E-state index in [-0.39, 0.29) is 5.78 Å². The topological polar surface area (TPSA) is 17.1 Å². The van der Waals surface area contributed by atoms with Crippen LogP contribution in [0.2, 0.25) is 0 Å². The second-order valence-corrected chi connectivity index (χ2v) is 4.32.